The highest BCUT2D eigenvalue weighted by Gasteiger charge is 2.33. The van der Waals surface area contributed by atoms with Gasteiger partial charge >= 0.3 is 12.3 Å². The molecule has 0 N–H and O–H groups in total. The number of rotatable bonds is 4. The second kappa shape index (κ2) is 6.23. The third-order valence-corrected chi connectivity index (χ3v) is 2.14. The number of esters is 1. The van der Waals surface area contributed by atoms with Gasteiger partial charge in [-0.05, 0) is 24.6 Å². The van der Waals surface area contributed by atoms with E-state index in [2.05, 4.69) is 9.47 Å². The molecule has 0 spiro atoms. The Bertz CT molecular complexity index is 549. The molecule has 0 radical (unpaired) electrons. The summed E-state index contributed by atoms with van der Waals surface area (Å²) in [5.74, 6) is -3.18. The second-order valence-corrected chi connectivity index (χ2v) is 3.58. The molecule has 4 nitrogen and oxygen atoms in total. The molecule has 0 bridgehead atoms. The fourth-order valence-electron chi connectivity index (χ4n) is 1.42. The fraction of sp³-hybridized carbons (Fsp3) is 0.333. The van der Waals surface area contributed by atoms with Crippen molar-refractivity contribution >= 4 is 5.97 Å². The van der Waals surface area contributed by atoms with Crippen molar-refractivity contribution in [3.63, 3.8) is 0 Å². The zero-order valence-electron chi connectivity index (χ0n) is 10.3. The Hall–Kier alpha value is -2.30. The van der Waals surface area contributed by atoms with Crippen molar-refractivity contribution in [1.29, 1.82) is 5.26 Å². The predicted molar refractivity (Wildman–Crippen MR) is 58.1 cm³/mol. The number of hydrogen-bond donors (Lipinski definition) is 0. The number of nitriles is 1. The van der Waals surface area contributed by atoms with Crippen LogP contribution in [0, 0.1) is 17.1 Å². The van der Waals surface area contributed by atoms with Gasteiger partial charge in [-0.1, -0.05) is 0 Å². The van der Waals surface area contributed by atoms with E-state index in [0.717, 1.165) is 0 Å². The van der Waals surface area contributed by atoms with Gasteiger partial charge in [0.05, 0.1) is 24.7 Å². The van der Waals surface area contributed by atoms with Gasteiger partial charge in [0.2, 0.25) is 0 Å². The van der Waals surface area contributed by atoms with Gasteiger partial charge in [0.15, 0.2) is 11.6 Å². The van der Waals surface area contributed by atoms with Crippen LogP contribution in [0.5, 0.6) is 5.75 Å². The van der Waals surface area contributed by atoms with E-state index in [4.69, 9.17) is 5.26 Å². The van der Waals surface area contributed by atoms with E-state index in [-0.39, 0.29) is 17.7 Å². The lowest BCUT2D eigenvalue weighted by atomic mass is 10.0. The highest BCUT2D eigenvalue weighted by molar-refractivity contribution is 5.73. The molecule has 1 rings (SSSR count). The minimum Gasteiger partial charge on any atom is -0.466 e. The number of halogens is 4. The summed E-state index contributed by atoms with van der Waals surface area (Å²) in [5, 5.41) is 8.78. The van der Waals surface area contributed by atoms with Gasteiger partial charge in [0.25, 0.3) is 0 Å². The first kappa shape index (κ1) is 15.8. The Morgan fingerprint density at radius 3 is 2.55 bits per heavy atom. The van der Waals surface area contributed by atoms with Gasteiger partial charge < -0.3 is 9.47 Å². The molecule has 0 aliphatic heterocycles. The molecule has 0 saturated heterocycles. The molecule has 108 valence electrons. The monoisotopic (exact) mass is 291 g/mol. The largest absolute Gasteiger partial charge is 0.573 e. The van der Waals surface area contributed by atoms with Gasteiger partial charge in [0, 0.05) is 0 Å². The number of carbonyl (C=O) groups excluding carboxylic acids is 1. The van der Waals surface area contributed by atoms with E-state index in [0.29, 0.717) is 12.1 Å². The number of ether oxygens (including phenoxy) is 2. The van der Waals surface area contributed by atoms with Gasteiger partial charge in [-0.15, -0.1) is 13.2 Å². The Labute approximate surface area is 111 Å². The van der Waals surface area contributed by atoms with Crippen LogP contribution in [0.1, 0.15) is 18.1 Å². The Balaban J connectivity index is 3.12. The normalized spacial score (nSPS) is 10.8. The highest BCUT2D eigenvalue weighted by Crippen LogP contribution is 2.28. The minimum absolute atomic E-state index is 0.0772. The lowest BCUT2D eigenvalue weighted by Gasteiger charge is -2.12. The molecule has 20 heavy (non-hydrogen) atoms. The molecule has 1 aromatic carbocycles. The zero-order valence-corrected chi connectivity index (χ0v) is 10.3. The van der Waals surface area contributed by atoms with Crippen LogP contribution >= 0.6 is 0 Å². The topological polar surface area (TPSA) is 59.3 Å². The molecule has 0 amide bonds. The van der Waals surface area contributed by atoms with Crippen molar-refractivity contribution in [2.45, 2.75) is 19.7 Å². The molecule has 0 heterocycles. The van der Waals surface area contributed by atoms with E-state index in [9.17, 15) is 22.4 Å². The molecule has 8 heteroatoms. The zero-order chi connectivity index (χ0) is 15.3. The third kappa shape index (κ3) is 4.42. The molecular weight excluding hydrogens is 282 g/mol. The van der Waals surface area contributed by atoms with Crippen molar-refractivity contribution in [1.82, 2.24) is 0 Å². The maximum atomic E-state index is 13.3. The lowest BCUT2D eigenvalue weighted by molar-refractivity contribution is -0.275. The van der Waals surface area contributed by atoms with Gasteiger partial charge in [-0.3, -0.25) is 4.79 Å². The summed E-state index contributed by atoms with van der Waals surface area (Å²) in [7, 11) is 0. The van der Waals surface area contributed by atoms with Crippen molar-refractivity contribution in [2.24, 2.45) is 0 Å². The first-order valence-corrected chi connectivity index (χ1v) is 5.40. The van der Waals surface area contributed by atoms with E-state index in [1.807, 2.05) is 0 Å². The van der Waals surface area contributed by atoms with Gasteiger partial charge in [-0.25, -0.2) is 4.39 Å². The maximum absolute atomic E-state index is 13.3. The number of benzene rings is 1. The van der Waals surface area contributed by atoms with Crippen molar-refractivity contribution < 1.29 is 31.8 Å². The summed E-state index contributed by atoms with van der Waals surface area (Å²) >= 11 is 0. The molecular formula is C12H9F4NO3. The Morgan fingerprint density at radius 1 is 1.40 bits per heavy atom. The fourth-order valence-corrected chi connectivity index (χ4v) is 1.42. The number of nitrogens with zero attached hydrogens (tertiary/aromatic N) is 1. The van der Waals surface area contributed by atoms with Crippen molar-refractivity contribution in [3.05, 3.63) is 29.1 Å². The van der Waals surface area contributed by atoms with Crippen LogP contribution in [0.2, 0.25) is 0 Å². The van der Waals surface area contributed by atoms with Crippen LogP contribution in [-0.4, -0.2) is 18.9 Å². The molecule has 0 aliphatic rings. The van der Waals surface area contributed by atoms with Gasteiger partial charge in [0.1, 0.15) is 0 Å². The van der Waals surface area contributed by atoms with Gasteiger partial charge in [-0.2, -0.15) is 5.26 Å². The Kier molecular flexibility index (Phi) is 4.91. The van der Waals surface area contributed by atoms with Crippen molar-refractivity contribution in [2.75, 3.05) is 6.61 Å². The lowest BCUT2D eigenvalue weighted by Crippen LogP contribution is -2.18. The van der Waals surface area contributed by atoms with E-state index < -0.39 is 30.3 Å². The highest BCUT2D eigenvalue weighted by atomic mass is 19.4. The van der Waals surface area contributed by atoms with E-state index in [1.54, 1.807) is 13.0 Å². The first-order valence-electron chi connectivity index (χ1n) is 5.40. The predicted octanol–water partition coefficient (Wildman–Crippen LogP) is 2.70. The van der Waals surface area contributed by atoms with Crippen molar-refractivity contribution in [3.8, 4) is 11.8 Å². The van der Waals surface area contributed by atoms with Crippen LogP contribution in [0.15, 0.2) is 12.1 Å². The number of hydrogen-bond acceptors (Lipinski definition) is 4. The summed E-state index contributed by atoms with van der Waals surface area (Å²) in [4.78, 5) is 11.3. The molecule has 1 aromatic rings. The van der Waals surface area contributed by atoms with Crippen LogP contribution in [-0.2, 0) is 16.0 Å². The quantitative estimate of drug-likeness (QED) is 0.632. The third-order valence-electron chi connectivity index (χ3n) is 2.14. The molecule has 0 atom stereocenters. The SMILES string of the molecule is CCOC(=O)Cc1cc(OC(F)(F)F)c(F)cc1C#N. The number of alkyl halides is 3. The summed E-state index contributed by atoms with van der Waals surface area (Å²) in [5.41, 5.74) is -0.364. The van der Waals surface area contributed by atoms with Crippen LogP contribution < -0.4 is 4.74 Å². The standard InChI is InChI=1S/C12H9F4NO3/c1-2-19-11(18)5-7-4-10(20-12(14,15)16)9(13)3-8(7)6-17/h3-4H,2,5H2,1H3. The minimum atomic E-state index is -5.07. The summed E-state index contributed by atoms with van der Waals surface area (Å²) < 4.78 is 57.6. The average molecular weight is 291 g/mol. The number of carbonyl (C=O) groups is 1. The molecule has 0 fully saturated rings. The molecule has 0 unspecified atom stereocenters. The van der Waals surface area contributed by atoms with Crippen LogP contribution in [0.3, 0.4) is 0 Å². The van der Waals surface area contributed by atoms with E-state index in [1.165, 1.54) is 0 Å². The maximum Gasteiger partial charge on any atom is 0.573 e. The summed E-state index contributed by atoms with van der Waals surface area (Å²) in [6.45, 7) is 1.62. The average Bonchev–Trinajstić information content (AvgIpc) is 2.31. The Morgan fingerprint density at radius 2 is 2.05 bits per heavy atom. The van der Waals surface area contributed by atoms with Crippen LogP contribution in [0.4, 0.5) is 17.6 Å². The molecule has 0 aromatic heterocycles. The van der Waals surface area contributed by atoms with E-state index >= 15 is 0 Å². The second-order valence-electron chi connectivity index (χ2n) is 3.58. The summed E-state index contributed by atoms with van der Waals surface area (Å²) in [6, 6.07) is 2.83. The molecule has 0 aliphatic carbocycles. The molecule has 0 saturated carbocycles. The summed E-state index contributed by atoms with van der Waals surface area (Å²) in [6.07, 6.45) is -5.53. The first-order chi connectivity index (χ1) is 9.26. The smallest absolute Gasteiger partial charge is 0.466 e. The van der Waals surface area contributed by atoms with Crippen LogP contribution in [0.25, 0.3) is 0 Å².